The van der Waals surface area contributed by atoms with Crippen LogP contribution in [0.2, 0.25) is 0 Å². The van der Waals surface area contributed by atoms with Gasteiger partial charge in [-0.2, -0.15) is 0 Å². The molecule has 0 spiro atoms. The zero-order chi connectivity index (χ0) is 19.1. The molecule has 5 heteroatoms. The third kappa shape index (κ3) is 5.55. The van der Waals surface area contributed by atoms with E-state index in [1.165, 1.54) is 10.6 Å². The van der Waals surface area contributed by atoms with Crippen LogP contribution in [-0.4, -0.2) is 56.3 Å². The monoisotopic (exact) mass is 369 g/mol. The predicted molar refractivity (Wildman–Crippen MR) is 107 cm³/mol. The first-order chi connectivity index (χ1) is 13.2. The summed E-state index contributed by atoms with van der Waals surface area (Å²) in [6.45, 7) is 6.84. The number of aliphatic hydroxyl groups excluding tert-OH is 1. The van der Waals surface area contributed by atoms with E-state index in [2.05, 4.69) is 29.2 Å². The van der Waals surface area contributed by atoms with E-state index in [1.807, 2.05) is 13.0 Å². The van der Waals surface area contributed by atoms with Crippen molar-refractivity contribution in [3.8, 4) is 5.75 Å². The van der Waals surface area contributed by atoms with Crippen LogP contribution in [0.15, 0.2) is 54.6 Å². The van der Waals surface area contributed by atoms with E-state index in [9.17, 15) is 9.90 Å². The van der Waals surface area contributed by atoms with Crippen LogP contribution >= 0.6 is 0 Å². The maximum Gasteiger partial charge on any atom is 0.162 e. The van der Waals surface area contributed by atoms with Gasteiger partial charge in [-0.05, 0) is 36.4 Å². The lowest BCUT2D eigenvalue weighted by Gasteiger charge is -2.34. The van der Waals surface area contributed by atoms with Crippen LogP contribution < -0.4 is 14.5 Å². The van der Waals surface area contributed by atoms with Gasteiger partial charge in [0.2, 0.25) is 0 Å². The van der Waals surface area contributed by atoms with Gasteiger partial charge in [-0.1, -0.05) is 25.1 Å². The van der Waals surface area contributed by atoms with Crippen molar-refractivity contribution in [3.05, 3.63) is 60.2 Å². The van der Waals surface area contributed by atoms with Gasteiger partial charge in [0.05, 0.1) is 26.2 Å². The molecule has 0 amide bonds. The van der Waals surface area contributed by atoms with Gasteiger partial charge in [-0.3, -0.25) is 4.79 Å². The lowest BCUT2D eigenvalue weighted by atomic mass is 10.1. The lowest BCUT2D eigenvalue weighted by Crippen LogP contribution is -3.16. The molecule has 2 aromatic carbocycles. The number of anilines is 1. The average molecular weight is 369 g/mol. The molecule has 0 bridgehead atoms. The maximum atomic E-state index is 11.6. The molecule has 1 aliphatic rings. The van der Waals surface area contributed by atoms with Gasteiger partial charge in [0, 0.05) is 17.7 Å². The molecule has 2 aromatic rings. The van der Waals surface area contributed by atoms with Gasteiger partial charge in [0.15, 0.2) is 5.78 Å². The second-order valence-corrected chi connectivity index (χ2v) is 7.04. The minimum atomic E-state index is -0.500. The number of ketones is 1. The Kier molecular flexibility index (Phi) is 6.85. The Morgan fingerprint density at radius 3 is 2.41 bits per heavy atom. The molecule has 0 unspecified atom stereocenters. The minimum Gasteiger partial charge on any atom is -0.491 e. The molecular weight excluding hydrogens is 340 g/mol. The number of nitrogens with one attached hydrogen (secondary N) is 1. The lowest BCUT2D eigenvalue weighted by molar-refractivity contribution is -0.903. The van der Waals surface area contributed by atoms with Crippen molar-refractivity contribution in [2.45, 2.75) is 19.4 Å². The summed E-state index contributed by atoms with van der Waals surface area (Å²) in [5, 5.41) is 10.3. The molecule has 0 radical (unpaired) electrons. The molecule has 0 aromatic heterocycles. The molecule has 1 saturated heterocycles. The van der Waals surface area contributed by atoms with Crippen LogP contribution in [0.4, 0.5) is 5.69 Å². The maximum absolute atomic E-state index is 11.6. The number of Topliss-reactive ketones (excluding diaryl/α,β-unsaturated/α-hetero) is 1. The van der Waals surface area contributed by atoms with Crippen LogP contribution in [-0.2, 0) is 0 Å². The molecule has 3 rings (SSSR count). The zero-order valence-electron chi connectivity index (χ0n) is 15.9. The standard InChI is InChI=1S/C22H28N2O3/c1-2-22(26)18-8-10-21(11-9-18)27-17-20(25)16-23-12-14-24(15-13-23)19-6-4-3-5-7-19/h3-11,20,25H,2,12-17H2,1H3/p+1/t20-/m0/s1. The fourth-order valence-electron chi connectivity index (χ4n) is 3.45. The van der Waals surface area contributed by atoms with E-state index in [0.29, 0.717) is 24.3 Å². The zero-order valence-corrected chi connectivity index (χ0v) is 15.9. The van der Waals surface area contributed by atoms with E-state index in [1.54, 1.807) is 24.3 Å². The van der Waals surface area contributed by atoms with Crippen molar-refractivity contribution in [1.82, 2.24) is 0 Å². The van der Waals surface area contributed by atoms with Gasteiger partial charge in [-0.15, -0.1) is 0 Å². The molecule has 1 atom stereocenters. The Balaban J connectivity index is 1.40. The Hall–Kier alpha value is -2.37. The number of rotatable bonds is 8. The molecule has 0 aliphatic carbocycles. The highest BCUT2D eigenvalue weighted by Crippen LogP contribution is 2.14. The number of aliphatic hydroxyl groups is 1. The molecular formula is C22H29N2O3+. The van der Waals surface area contributed by atoms with Crippen molar-refractivity contribution in [1.29, 1.82) is 0 Å². The first-order valence-electron chi connectivity index (χ1n) is 9.73. The van der Waals surface area contributed by atoms with Crippen LogP contribution in [0.1, 0.15) is 23.7 Å². The molecule has 144 valence electrons. The van der Waals surface area contributed by atoms with Gasteiger partial charge in [0.25, 0.3) is 0 Å². The van der Waals surface area contributed by atoms with Crippen LogP contribution in [0, 0.1) is 0 Å². The van der Waals surface area contributed by atoms with E-state index in [-0.39, 0.29) is 12.4 Å². The Labute approximate surface area is 161 Å². The number of carbonyl (C=O) groups is 1. The number of piperazine rings is 1. The molecule has 1 heterocycles. The Bertz CT molecular complexity index is 710. The summed E-state index contributed by atoms with van der Waals surface area (Å²) in [4.78, 5) is 15.4. The highest BCUT2D eigenvalue weighted by Gasteiger charge is 2.22. The predicted octanol–water partition coefficient (Wildman–Crippen LogP) is 1.42. The summed E-state index contributed by atoms with van der Waals surface area (Å²) in [6.07, 6.45) is -0.000555. The van der Waals surface area contributed by atoms with Gasteiger partial charge in [-0.25, -0.2) is 0 Å². The van der Waals surface area contributed by atoms with E-state index in [0.717, 1.165) is 26.2 Å². The second-order valence-electron chi connectivity index (χ2n) is 7.04. The molecule has 1 aliphatic heterocycles. The smallest absolute Gasteiger partial charge is 0.162 e. The summed E-state index contributed by atoms with van der Waals surface area (Å²) >= 11 is 0. The van der Waals surface area contributed by atoms with Crippen LogP contribution in [0.3, 0.4) is 0 Å². The quantitative estimate of drug-likeness (QED) is 0.691. The molecule has 2 N–H and O–H groups in total. The second kappa shape index (κ2) is 9.53. The van der Waals surface area contributed by atoms with Gasteiger partial charge in [0.1, 0.15) is 25.0 Å². The minimum absolute atomic E-state index is 0.125. The highest BCUT2D eigenvalue weighted by atomic mass is 16.5. The Morgan fingerprint density at radius 1 is 1.11 bits per heavy atom. The van der Waals surface area contributed by atoms with Crippen LogP contribution in [0.25, 0.3) is 0 Å². The third-order valence-corrected chi connectivity index (χ3v) is 5.06. The number of para-hydroxylation sites is 1. The summed E-state index contributed by atoms with van der Waals surface area (Å²) in [6, 6.07) is 17.6. The molecule has 5 nitrogen and oxygen atoms in total. The van der Waals surface area contributed by atoms with Crippen molar-refractivity contribution in [3.63, 3.8) is 0 Å². The molecule has 1 fully saturated rings. The van der Waals surface area contributed by atoms with Gasteiger partial charge < -0.3 is 19.6 Å². The third-order valence-electron chi connectivity index (χ3n) is 5.06. The fourth-order valence-corrected chi connectivity index (χ4v) is 3.45. The van der Waals surface area contributed by atoms with E-state index in [4.69, 9.17) is 4.74 Å². The fraction of sp³-hybridized carbons (Fsp3) is 0.409. The number of hydrogen-bond acceptors (Lipinski definition) is 4. The topological polar surface area (TPSA) is 54.2 Å². The summed E-state index contributed by atoms with van der Waals surface area (Å²) in [7, 11) is 0. The summed E-state index contributed by atoms with van der Waals surface area (Å²) < 4.78 is 5.68. The first-order valence-corrected chi connectivity index (χ1v) is 9.73. The summed E-state index contributed by atoms with van der Waals surface area (Å²) in [5.41, 5.74) is 1.97. The number of benzene rings is 2. The number of nitrogens with zero attached hydrogens (tertiary/aromatic N) is 1. The van der Waals surface area contributed by atoms with Gasteiger partial charge >= 0.3 is 0 Å². The molecule has 0 saturated carbocycles. The first kappa shape index (κ1) is 19.4. The summed E-state index contributed by atoms with van der Waals surface area (Å²) in [5.74, 6) is 0.811. The number of quaternary nitrogens is 1. The molecule has 27 heavy (non-hydrogen) atoms. The normalized spacial score (nSPS) is 16.1. The largest absolute Gasteiger partial charge is 0.491 e. The number of ether oxygens (including phenoxy) is 1. The number of carbonyl (C=O) groups excluding carboxylic acids is 1. The van der Waals surface area contributed by atoms with Crippen LogP contribution in [0.5, 0.6) is 5.75 Å². The van der Waals surface area contributed by atoms with E-state index >= 15 is 0 Å². The van der Waals surface area contributed by atoms with Crippen molar-refractivity contribution < 1.29 is 19.5 Å². The number of hydrogen-bond donors (Lipinski definition) is 2. The average Bonchev–Trinajstić information content (AvgIpc) is 2.73. The Morgan fingerprint density at radius 2 is 1.78 bits per heavy atom. The SMILES string of the molecule is CCC(=O)c1ccc(OC[C@@H](O)C[NH+]2CCN(c3ccccc3)CC2)cc1. The van der Waals surface area contributed by atoms with Crippen molar-refractivity contribution >= 4 is 11.5 Å². The highest BCUT2D eigenvalue weighted by molar-refractivity contribution is 5.95. The van der Waals surface area contributed by atoms with Crippen molar-refractivity contribution in [2.75, 3.05) is 44.2 Å². The van der Waals surface area contributed by atoms with Crippen molar-refractivity contribution in [2.24, 2.45) is 0 Å². The van der Waals surface area contributed by atoms with E-state index < -0.39 is 6.10 Å².